The molecular formula is C24H27IN3O2-. The Morgan fingerprint density at radius 1 is 1.30 bits per heavy atom. The van der Waals surface area contributed by atoms with Gasteiger partial charge in [-0.2, -0.15) is 0 Å². The van der Waals surface area contributed by atoms with E-state index in [1.54, 1.807) is 12.4 Å². The van der Waals surface area contributed by atoms with Crippen LogP contribution in [0.5, 0.6) is 5.75 Å². The first-order valence-corrected chi connectivity index (χ1v) is 13.5. The molecule has 0 spiro atoms. The normalized spacial score (nSPS) is 25.5. The van der Waals surface area contributed by atoms with Crippen LogP contribution in [0.1, 0.15) is 48.2 Å². The Kier molecular flexibility index (Phi) is 5.00. The minimum absolute atomic E-state index is 0.0562. The fourth-order valence-corrected chi connectivity index (χ4v) is 9.65. The zero-order valence-electron chi connectivity index (χ0n) is 17.4. The van der Waals surface area contributed by atoms with Crippen LogP contribution < -0.4 is 21.2 Å². The fraction of sp³-hybridized carbons (Fsp3) is 0.417. The number of hydrogen-bond acceptors (Lipinski definition) is 3. The number of piperidine rings is 1. The van der Waals surface area contributed by atoms with E-state index in [4.69, 9.17) is 0 Å². The maximum atomic E-state index is 13.6. The molecule has 158 valence electrons. The van der Waals surface area contributed by atoms with Gasteiger partial charge in [0, 0.05) is 0 Å². The van der Waals surface area contributed by atoms with E-state index in [0.717, 1.165) is 42.4 Å². The number of halogens is 1. The van der Waals surface area contributed by atoms with Crippen LogP contribution in [0, 0.1) is 0 Å². The van der Waals surface area contributed by atoms with Gasteiger partial charge in [0.05, 0.1) is 0 Å². The maximum absolute atomic E-state index is 13.6. The topological polar surface area (TPSA) is 69.2 Å². The number of aromatic amines is 1. The average molecular weight is 516 g/mol. The molecule has 1 aliphatic carbocycles. The third-order valence-electron chi connectivity index (χ3n) is 7.00. The van der Waals surface area contributed by atoms with Crippen LogP contribution in [-0.2, 0) is 11.8 Å². The van der Waals surface area contributed by atoms with E-state index in [-0.39, 0.29) is 38.6 Å². The molecule has 1 aromatic heterocycles. The van der Waals surface area contributed by atoms with Gasteiger partial charge >= 0.3 is 188 Å². The molecule has 1 unspecified atom stereocenters. The Morgan fingerprint density at radius 3 is 2.97 bits per heavy atom. The number of fused-ring (bicyclic) bond motifs is 5. The van der Waals surface area contributed by atoms with Crippen molar-refractivity contribution in [1.29, 1.82) is 0 Å². The Balaban J connectivity index is 1.56. The summed E-state index contributed by atoms with van der Waals surface area (Å²) in [6.45, 7) is 5.34. The summed E-state index contributed by atoms with van der Waals surface area (Å²) in [5.41, 5.74) is 5.26. The molecule has 0 radical (unpaired) electrons. The van der Waals surface area contributed by atoms with Gasteiger partial charge in [-0.3, -0.25) is 0 Å². The Morgan fingerprint density at radius 2 is 2.17 bits per heavy atom. The standard InChI is InChI=1S/C24H27IN3O2/c1-3-24-9-10-28(23(30)16-6-8-19-20(11-16)27-14-26-19)21(22(24)25-4-2)12-15-5-7-17(29)13-18(15)24/h5-8,11,13-14,21-22,29H,3-4,9-10,12H2,1-2H3,(H,26,27)/q-1/t21-,22?,24+/m1/s1. The van der Waals surface area contributed by atoms with Gasteiger partial charge in [0.25, 0.3) is 0 Å². The number of benzene rings is 2. The summed E-state index contributed by atoms with van der Waals surface area (Å²) in [7, 11) is 0. The van der Waals surface area contributed by atoms with Crippen molar-refractivity contribution in [3.63, 3.8) is 0 Å². The van der Waals surface area contributed by atoms with Gasteiger partial charge in [0.2, 0.25) is 0 Å². The molecule has 3 aromatic rings. The molecule has 5 rings (SSSR count). The summed E-state index contributed by atoms with van der Waals surface area (Å²) < 4.78 is 1.73. The average Bonchev–Trinajstić information content (AvgIpc) is 3.22. The number of nitrogens with zero attached hydrogens (tertiary/aromatic N) is 2. The SMILES string of the molecule is CC[I-]C1[C@H]2Cc3ccc(O)cc3[C@]1(CC)CCN2C(=O)c1ccc2nc[nH]c2c1. The van der Waals surface area contributed by atoms with Gasteiger partial charge in [-0.25, -0.2) is 0 Å². The number of likely N-dealkylation sites (tertiary alicyclic amines) is 1. The first-order valence-electron chi connectivity index (χ1n) is 10.7. The summed E-state index contributed by atoms with van der Waals surface area (Å²) in [6.07, 6.45) is 4.59. The van der Waals surface area contributed by atoms with Crippen LogP contribution in [-0.4, -0.2) is 46.8 Å². The molecule has 5 nitrogen and oxygen atoms in total. The van der Waals surface area contributed by atoms with Crippen LogP contribution in [0.3, 0.4) is 0 Å². The zero-order valence-corrected chi connectivity index (χ0v) is 19.5. The Labute approximate surface area is 187 Å². The first kappa shape index (κ1) is 19.8. The van der Waals surface area contributed by atoms with Gasteiger partial charge in [-0.05, 0) is 0 Å². The van der Waals surface area contributed by atoms with Gasteiger partial charge in [-0.1, -0.05) is 0 Å². The number of H-pyrrole nitrogens is 1. The van der Waals surface area contributed by atoms with Crippen LogP contribution in [0.4, 0.5) is 0 Å². The number of carbonyl (C=O) groups excluding carboxylic acids is 1. The summed E-state index contributed by atoms with van der Waals surface area (Å²) in [5, 5.41) is 10.2. The quantitative estimate of drug-likeness (QED) is 0.400. The molecule has 0 saturated carbocycles. The van der Waals surface area contributed by atoms with Crippen molar-refractivity contribution in [2.75, 3.05) is 11.0 Å². The molecule has 3 atom stereocenters. The molecule has 1 fully saturated rings. The van der Waals surface area contributed by atoms with Crippen molar-refractivity contribution < 1.29 is 31.1 Å². The van der Waals surface area contributed by atoms with E-state index >= 15 is 0 Å². The monoisotopic (exact) mass is 516 g/mol. The number of aromatic hydroxyl groups is 1. The second-order valence-corrected chi connectivity index (χ2v) is 12.1. The molecule has 30 heavy (non-hydrogen) atoms. The predicted octanol–water partition coefficient (Wildman–Crippen LogP) is 0.865. The number of phenols is 1. The Hall–Kier alpha value is -2.09. The summed E-state index contributed by atoms with van der Waals surface area (Å²) in [4.78, 5) is 23.2. The second kappa shape index (κ2) is 7.55. The van der Waals surface area contributed by atoms with E-state index in [2.05, 4.69) is 34.8 Å². The molecule has 2 bridgehead atoms. The zero-order chi connectivity index (χ0) is 20.9. The van der Waals surface area contributed by atoms with Gasteiger partial charge in [0.15, 0.2) is 0 Å². The first-order chi connectivity index (χ1) is 14.6. The van der Waals surface area contributed by atoms with Crippen molar-refractivity contribution in [1.82, 2.24) is 14.9 Å². The molecule has 1 aliphatic heterocycles. The van der Waals surface area contributed by atoms with E-state index in [0.29, 0.717) is 9.67 Å². The summed E-state index contributed by atoms with van der Waals surface area (Å²) in [5.74, 6) is 0.494. The van der Waals surface area contributed by atoms with Gasteiger partial charge < -0.3 is 0 Å². The predicted molar refractivity (Wildman–Crippen MR) is 114 cm³/mol. The van der Waals surface area contributed by atoms with E-state index < -0.39 is 0 Å². The number of amides is 1. The number of alkyl halides is 2. The number of nitrogens with one attached hydrogen (secondary N) is 1. The van der Waals surface area contributed by atoms with Crippen molar-refractivity contribution in [2.45, 2.75) is 48.5 Å². The van der Waals surface area contributed by atoms with Crippen molar-refractivity contribution in [3.05, 3.63) is 59.4 Å². The van der Waals surface area contributed by atoms with Crippen molar-refractivity contribution in [2.24, 2.45) is 0 Å². The summed E-state index contributed by atoms with van der Waals surface area (Å²) >= 11 is -0.0562. The second-order valence-electron chi connectivity index (χ2n) is 8.33. The summed E-state index contributed by atoms with van der Waals surface area (Å²) in [6, 6.07) is 11.9. The van der Waals surface area contributed by atoms with Crippen LogP contribution >= 0.6 is 0 Å². The van der Waals surface area contributed by atoms with Crippen molar-refractivity contribution >= 4 is 16.9 Å². The molecule has 2 aromatic carbocycles. The number of phenolic OH excluding ortho intramolecular Hbond substituents is 1. The molecule has 2 N–H and O–H groups in total. The number of aromatic nitrogens is 2. The molecule has 6 heteroatoms. The number of rotatable bonds is 4. The van der Waals surface area contributed by atoms with Crippen LogP contribution in [0.15, 0.2) is 42.7 Å². The van der Waals surface area contributed by atoms with Crippen LogP contribution in [0.2, 0.25) is 0 Å². The van der Waals surface area contributed by atoms with E-state index in [1.165, 1.54) is 15.6 Å². The molecule has 1 amide bonds. The van der Waals surface area contributed by atoms with Crippen LogP contribution in [0.25, 0.3) is 11.0 Å². The third-order valence-corrected chi connectivity index (χ3v) is 10.9. The number of carbonyl (C=O) groups is 1. The third kappa shape index (κ3) is 2.94. The van der Waals surface area contributed by atoms with Crippen molar-refractivity contribution in [3.8, 4) is 5.75 Å². The molecule has 2 heterocycles. The molecule has 2 aliphatic rings. The molecular weight excluding hydrogens is 489 g/mol. The minimum atomic E-state index is -0.0562. The molecule has 1 saturated heterocycles. The fourth-order valence-electron chi connectivity index (χ4n) is 5.54. The Bertz CT molecular complexity index is 1110. The number of imidazole rings is 1. The van der Waals surface area contributed by atoms with Gasteiger partial charge in [0.1, 0.15) is 0 Å². The van der Waals surface area contributed by atoms with Gasteiger partial charge in [-0.15, -0.1) is 0 Å². The number of hydrogen-bond donors (Lipinski definition) is 2. The van der Waals surface area contributed by atoms with E-state index in [1.807, 2.05) is 24.3 Å². The van der Waals surface area contributed by atoms with E-state index in [9.17, 15) is 9.90 Å².